The topological polar surface area (TPSA) is 60.8 Å². The first-order valence-electron chi connectivity index (χ1n) is 6.50. The maximum absolute atomic E-state index is 10.6. The van der Waals surface area contributed by atoms with Crippen molar-refractivity contribution < 1.29 is 15.0 Å². The lowest BCUT2D eigenvalue weighted by Crippen LogP contribution is -2.36. The van der Waals surface area contributed by atoms with E-state index in [9.17, 15) is 9.90 Å². The van der Waals surface area contributed by atoms with E-state index >= 15 is 0 Å². The predicted octanol–water partition coefficient (Wildman–Crippen LogP) is 2.13. The summed E-state index contributed by atoms with van der Waals surface area (Å²) in [6.45, 7) is 6.34. The highest BCUT2D eigenvalue weighted by Gasteiger charge is 2.22. The van der Waals surface area contributed by atoms with Gasteiger partial charge in [0.15, 0.2) is 0 Å². The van der Waals surface area contributed by atoms with Gasteiger partial charge >= 0.3 is 5.97 Å². The minimum absolute atomic E-state index is 0.0838. The average Bonchev–Trinajstić information content (AvgIpc) is 2.34. The highest BCUT2D eigenvalue weighted by Crippen LogP contribution is 2.24. The van der Waals surface area contributed by atoms with E-state index in [4.69, 9.17) is 5.11 Å². The van der Waals surface area contributed by atoms with E-state index in [1.54, 1.807) is 0 Å². The van der Waals surface area contributed by atoms with E-state index in [-0.39, 0.29) is 12.5 Å². The number of nitrogens with zero attached hydrogens (tertiary/aromatic N) is 1. The molecule has 0 aliphatic heterocycles. The van der Waals surface area contributed by atoms with Crippen LogP contribution in [0, 0.1) is 13.8 Å². The van der Waals surface area contributed by atoms with Crippen molar-refractivity contribution in [1.29, 1.82) is 0 Å². The zero-order valence-electron chi connectivity index (χ0n) is 12.1. The third kappa shape index (κ3) is 4.33. The Hall–Kier alpha value is -1.39. The summed E-state index contributed by atoms with van der Waals surface area (Å²) in [6, 6.07) is 5.84. The summed E-state index contributed by atoms with van der Waals surface area (Å²) in [7, 11) is 1.83. The minimum Gasteiger partial charge on any atom is -0.481 e. The van der Waals surface area contributed by atoms with Gasteiger partial charge in [0.05, 0.1) is 12.5 Å². The number of carbonyl (C=O) groups is 1. The molecule has 0 fully saturated rings. The van der Waals surface area contributed by atoms with Crippen LogP contribution in [0.4, 0.5) is 0 Å². The Labute approximate surface area is 114 Å². The Morgan fingerprint density at radius 1 is 1.37 bits per heavy atom. The van der Waals surface area contributed by atoms with E-state index in [1.165, 1.54) is 5.56 Å². The first kappa shape index (κ1) is 15.7. The molecular formula is C15H23NO3. The number of carboxylic acid groups (broad SMARTS) is 1. The highest BCUT2D eigenvalue weighted by atomic mass is 16.4. The smallest absolute Gasteiger partial charge is 0.304 e. The molecule has 19 heavy (non-hydrogen) atoms. The van der Waals surface area contributed by atoms with Crippen LogP contribution in [0.15, 0.2) is 18.2 Å². The molecule has 0 aromatic heterocycles. The zero-order chi connectivity index (χ0) is 14.6. The summed E-state index contributed by atoms with van der Waals surface area (Å²) in [5.41, 5.74) is 3.13. The molecule has 0 saturated heterocycles. The molecule has 2 atom stereocenters. The second kappa shape index (κ2) is 6.68. The van der Waals surface area contributed by atoms with Crippen LogP contribution in [0.3, 0.4) is 0 Å². The number of aliphatic carboxylic acids is 1. The molecule has 2 unspecified atom stereocenters. The maximum atomic E-state index is 10.6. The molecule has 4 nitrogen and oxygen atoms in total. The standard InChI is InChI=1S/C15H23NO3/c1-10-5-6-13(11(2)9-10)15(19)12(3)16(4)8-7-14(17)18/h5-6,9,12,15,19H,7-8H2,1-4H3,(H,17,18). The minimum atomic E-state index is -0.819. The summed E-state index contributed by atoms with van der Waals surface area (Å²) in [6.07, 6.45) is -0.528. The molecule has 1 aromatic carbocycles. The van der Waals surface area contributed by atoms with Crippen LogP contribution in [0.5, 0.6) is 0 Å². The number of hydrogen-bond donors (Lipinski definition) is 2. The Bertz CT molecular complexity index is 445. The molecule has 2 N–H and O–H groups in total. The average molecular weight is 265 g/mol. The Kier molecular flexibility index (Phi) is 5.51. The van der Waals surface area contributed by atoms with E-state index in [0.29, 0.717) is 6.54 Å². The van der Waals surface area contributed by atoms with Gasteiger partial charge in [0.1, 0.15) is 0 Å². The first-order valence-corrected chi connectivity index (χ1v) is 6.50. The molecule has 0 saturated carbocycles. The van der Waals surface area contributed by atoms with Crippen molar-refractivity contribution in [3.05, 3.63) is 34.9 Å². The summed E-state index contributed by atoms with van der Waals surface area (Å²) >= 11 is 0. The number of benzene rings is 1. The van der Waals surface area contributed by atoms with Gasteiger partial charge in [0.25, 0.3) is 0 Å². The lowest BCUT2D eigenvalue weighted by molar-refractivity contribution is -0.137. The number of likely N-dealkylation sites (N-methyl/N-ethyl adjacent to an activating group) is 1. The fourth-order valence-electron chi connectivity index (χ4n) is 2.13. The van der Waals surface area contributed by atoms with Crippen LogP contribution >= 0.6 is 0 Å². The molecule has 0 heterocycles. The quantitative estimate of drug-likeness (QED) is 0.827. The zero-order valence-corrected chi connectivity index (χ0v) is 12.1. The Balaban J connectivity index is 2.75. The fraction of sp³-hybridized carbons (Fsp3) is 0.533. The molecule has 0 aliphatic carbocycles. The van der Waals surface area contributed by atoms with Crippen molar-refractivity contribution in [2.24, 2.45) is 0 Å². The first-order chi connectivity index (χ1) is 8.82. The predicted molar refractivity (Wildman–Crippen MR) is 75.2 cm³/mol. The van der Waals surface area contributed by atoms with E-state index < -0.39 is 12.1 Å². The van der Waals surface area contributed by atoms with Crippen LogP contribution in [0.25, 0.3) is 0 Å². The second-order valence-corrected chi connectivity index (χ2v) is 5.17. The van der Waals surface area contributed by atoms with E-state index in [1.807, 2.05) is 50.9 Å². The normalized spacial score (nSPS) is 14.4. The van der Waals surface area contributed by atoms with Crippen LogP contribution in [0.1, 0.15) is 36.1 Å². The lowest BCUT2D eigenvalue weighted by Gasteiger charge is -2.29. The van der Waals surface area contributed by atoms with Crippen molar-refractivity contribution in [3.63, 3.8) is 0 Å². The van der Waals surface area contributed by atoms with Gasteiger partial charge in [-0.3, -0.25) is 4.79 Å². The molecule has 0 radical (unpaired) electrons. The van der Waals surface area contributed by atoms with Gasteiger partial charge in [0, 0.05) is 12.6 Å². The third-order valence-electron chi connectivity index (χ3n) is 3.57. The van der Waals surface area contributed by atoms with Gasteiger partial charge in [-0.1, -0.05) is 23.8 Å². The molecule has 1 aromatic rings. The molecule has 0 spiro atoms. The number of rotatable bonds is 6. The SMILES string of the molecule is Cc1ccc(C(O)C(C)N(C)CCC(=O)O)c(C)c1. The van der Waals surface area contributed by atoms with Gasteiger partial charge in [-0.15, -0.1) is 0 Å². The van der Waals surface area contributed by atoms with Crippen LogP contribution in [0.2, 0.25) is 0 Å². The van der Waals surface area contributed by atoms with Crippen molar-refractivity contribution >= 4 is 5.97 Å². The molecule has 0 amide bonds. The Morgan fingerprint density at radius 3 is 2.53 bits per heavy atom. The molecule has 1 rings (SSSR count). The Morgan fingerprint density at radius 2 is 2.00 bits per heavy atom. The van der Waals surface area contributed by atoms with Crippen molar-refractivity contribution in [2.45, 2.75) is 39.3 Å². The highest BCUT2D eigenvalue weighted by molar-refractivity contribution is 5.66. The summed E-state index contributed by atoms with van der Waals surface area (Å²) in [4.78, 5) is 12.4. The number of aryl methyl sites for hydroxylation is 2. The number of aliphatic hydroxyl groups is 1. The van der Waals surface area contributed by atoms with E-state index in [2.05, 4.69) is 0 Å². The molecule has 4 heteroatoms. The summed E-state index contributed by atoms with van der Waals surface area (Å²) < 4.78 is 0. The van der Waals surface area contributed by atoms with E-state index in [0.717, 1.165) is 11.1 Å². The summed E-state index contributed by atoms with van der Waals surface area (Å²) in [5, 5.41) is 19.1. The van der Waals surface area contributed by atoms with Crippen molar-refractivity contribution in [3.8, 4) is 0 Å². The number of aliphatic hydroxyl groups excluding tert-OH is 1. The molecule has 0 bridgehead atoms. The monoisotopic (exact) mass is 265 g/mol. The van der Waals surface area contributed by atoms with Crippen molar-refractivity contribution in [2.75, 3.05) is 13.6 Å². The third-order valence-corrected chi connectivity index (χ3v) is 3.57. The number of hydrogen-bond acceptors (Lipinski definition) is 3. The molecule has 106 valence electrons. The molecular weight excluding hydrogens is 242 g/mol. The summed E-state index contributed by atoms with van der Waals surface area (Å²) in [5.74, 6) is -0.819. The number of carboxylic acids is 1. The van der Waals surface area contributed by atoms with Crippen molar-refractivity contribution in [1.82, 2.24) is 4.90 Å². The van der Waals surface area contributed by atoms with Gasteiger partial charge in [-0.2, -0.15) is 0 Å². The maximum Gasteiger partial charge on any atom is 0.304 e. The van der Waals surface area contributed by atoms with Gasteiger partial charge in [-0.25, -0.2) is 0 Å². The molecule has 0 aliphatic rings. The van der Waals surface area contributed by atoms with Crippen LogP contribution < -0.4 is 0 Å². The van der Waals surface area contributed by atoms with Crippen LogP contribution in [-0.4, -0.2) is 40.7 Å². The second-order valence-electron chi connectivity index (χ2n) is 5.17. The van der Waals surface area contributed by atoms with Gasteiger partial charge < -0.3 is 15.1 Å². The van der Waals surface area contributed by atoms with Gasteiger partial charge in [-0.05, 0) is 38.9 Å². The van der Waals surface area contributed by atoms with Crippen LogP contribution in [-0.2, 0) is 4.79 Å². The largest absolute Gasteiger partial charge is 0.481 e. The lowest BCUT2D eigenvalue weighted by atomic mass is 9.96. The fourth-order valence-corrected chi connectivity index (χ4v) is 2.13. The van der Waals surface area contributed by atoms with Gasteiger partial charge in [0.2, 0.25) is 0 Å².